The lowest BCUT2D eigenvalue weighted by molar-refractivity contribution is -0.135. The molecule has 1 aliphatic carbocycles. The molecule has 0 radical (unpaired) electrons. The number of rotatable bonds is 4. The number of nitrogens with zero attached hydrogens (tertiary/aromatic N) is 1. The van der Waals surface area contributed by atoms with E-state index in [1.165, 1.54) is 10.4 Å². The number of aliphatic hydroxyl groups is 1. The first-order chi connectivity index (χ1) is 8.65. The molecule has 2 rings (SSSR count). The molecule has 1 aromatic heterocycles. The van der Waals surface area contributed by atoms with Crippen molar-refractivity contribution in [3.05, 3.63) is 21.9 Å². The Balaban J connectivity index is 2.19. The van der Waals surface area contributed by atoms with E-state index in [4.69, 9.17) is 5.11 Å². The van der Waals surface area contributed by atoms with Gasteiger partial charge in [0.15, 0.2) is 0 Å². The van der Waals surface area contributed by atoms with E-state index in [-0.39, 0.29) is 24.5 Å². The van der Waals surface area contributed by atoms with E-state index in [9.17, 15) is 4.79 Å². The number of thiophene rings is 1. The minimum absolute atomic E-state index is 0.00829. The van der Waals surface area contributed by atoms with Gasteiger partial charge in [0.2, 0.25) is 5.91 Å². The van der Waals surface area contributed by atoms with Gasteiger partial charge in [0, 0.05) is 17.5 Å². The zero-order chi connectivity index (χ0) is 13.1. The van der Waals surface area contributed by atoms with Crippen LogP contribution in [0.2, 0.25) is 0 Å². The number of hydrogen-bond donors (Lipinski definition) is 1. The summed E-state index contributed by atoms with van der Waals surface area (Å²) >= 11 is 1.76. The van der Waals surface area contributed by atoms with E-state index in [2.05, 4.69) is 11.4 Å². The molecule has 100 valence electrons. The van der Waals surface area contributed by atoms with E-state index < -0.39 is 0 Å². The number of amides is 1. The van der Waals surface area contributed by atoms with Gasteiger partial charge >= 0.3 is 0 Å². The maximum atomic E-state index is 12.6. The van der Waals surface area contributed by atoms with Crippen LogP contribution in [0.4, 0.5) is 0 Å². The normalized spacial score (nSPS) is 18.8. The average molecular weight is 267 g/mol. The van der Waals surface area contributed by atoms with Crippen LogP contribution in [0.25, 0.3) is 0 Å². The van der Waals surface area contributed by atoms with E-state index in [1.807, 2.05) is 13.8 Å². The van der Waals surface area contributed by atoms with E-state index in [0.717, 1.165) is 19.3 Å². The number of aryl methyl sites for hydroxylation is 1. The molecule has 1 amide bonds. The number of aliphatic hydroxyl groups excluding tert-OH is 1. The Kier molecular flexibility index (Phi) is 4.40. The summed E-state index contributed by atoms with van der Waals surface area (Å²) in [6.45, 7) is 4.48. The third-order valence-corrected chi connectivity index (χ3v) is 4.59. The zero-order valence-corrected chi connectivity index (χ0v) is 11.9. The Bertz CT molecular complexity index is 414. The lowest BCUT2D eigenvalue weighted by atomic mass is 9.86. The van der Waals surface area contributed by atoms with Crippen molar-refractivity contribution >= 4 is 17.2 Å². The van der Waals surface area contributed by atoms with Crippen molar-refractivity contribution in [2.75, 3.05) is 13.2 Å². The third-order valence-electron chi connectivity index (χ3n) is 3.60. The van der Waals surface area contributed by atoms with Gasteiger partial charge in [-0.1, -0.05) is 0 Å². The molecule has 1 N–H and O–H groups in total. The van der Waals surface area contributed by atoms with Crippen LogP contribution in [0.5, 0.6) is 0 Å². The summed E-state index contributed by atoms with van der Waals surface area (Å²) in [5.74, 6) is 0.187. The summed E-state index contributed by atoms with van der Waals surface area (Å²) in [5.41, 5.74) is 1.22. The third kappa shape index (κ3) is 2.59. The lowest BCUT2D eigenvalue weighted by Gasteiger charge is -2.32. The summed E-state index contributed by atoms with van der Waals surface area (Å²) in [7, 11) is 0. The molecule has 1 heterocycles. The first-order valence-electron chi connectivity index (χ1n) is 6.62. The molecule has 0 fully saturated rings. The molecule has 1 atom stereocenters. The van der Waals surface area contributed by atoms with Crippen molar-refractivity contribution in [3.63, 3.8) is 0 Å². The summed E-state index contributed by atoms with van der Waals surface area (Å²) in [6, 6.07) is 2.24. The van der Waals surface area contributed by atoms with Gasteiger partial charge in [-0.25, -0.2) is 0 Å². The van der Waals surface area contributed by atoms with Crippen LogP contribution in [-0.4, -0.2) is 35.1 Å². The summed E-state index contributed by atoms with van der Waals surface area (Å²) < 4.78 is 0. The van der Waals surface area contributed by atoms with Gasteiger partial charge in [0.05, 0.1) is 12.5 Å². The fourth-order valence-electron chi connectivity index (χ4n) is 2.67. The van der Waals surface area contributed by atoms with Gasteiger partial charge < -0.3 is 10.0 Å². The predicted octanol–water partition coefficient (Wildman–Crippen LogP) is 2.40. The molecule has 0 aliphatic heterocycles. The minimum Gasteiger partial charge on any atom is -0.395 e. The molecule has 1 aromatic rings. The largest absolute Gasteiger partial charge is 0.395 e. The number of hydrogen-bond acceptors (Lipinski definition) is 3. The monoisotopic (exact) mass is 267 g/mol. The molecule has 3 nitrogen and oxygen atoms in total. The van der Waals surface area contributed by atoms with Crippen molar-refractivity contribution < 1.29 is 9.90 Å². The van der Waals surface area contributed by atoms with Gasteiger partial charge in [-0.05, 0) is 50.1 Å². The molecule has 0 bridgehead atoms. The second-order valence-electron chi connectivity index (χ2n) is 5.09. The van der Waals surface area contributed by atoms with Gasteiger partial charge in [-0.2, -0.15) is 0 Å². The highest BCUT2D eigenvalue weighted by atomic mass is 32.1. The first kappa shape index (κ1) is 13.6. The summed E-state index contributed by atoms with van der Waals surface area (Å²) in [6.07, 6.45) is 3.14. The Morgan fingerprint density at radius 3 is 3.06 bits per heavy atom. The predicted molar refractivity (Wildman–Crippen MR) is 73.9 cm³/mol. The lowest BCUT2D eigenvalue weighted by Crippen LogP contribution is -2.42. The summed E-state index contributed by atoms with van der Waals surface area (Å²) in [4.78, 5) is 15.8. The zero-order valence-electron chi connectivity index (χ0n) is 11.1. The fourth-order valence-corrected chi connectivity index (χ4v) is 3.66. The fraction of sp³-hybridized carbons (Fsp3) is 0.643. The minimum atomic E-state index is 0.00829. The molecule has 0 saturated carbocycles. The van der Waals surface area contributed by atoms with E-state index >= 15 is 0 Å². The Morgan fingerprint density at radius 1 is 1.61 bits per heavy atom. The molecule has 18 heavy (non-hydrogen) atoms. The maximum Gasteiger partial charge on any atom is 0.230 e. The average Bonchev–Trinajstić information content (AvgIpc) is 2.82. The van der Waals surface area contributed by atoms with Crippen molar-refractivity contribution in [2.45, 2.75) is 45.1 Å². The second kappa shape index (κ2) is 5.85. The number of carbonyl (C=O) groups is 1. The Hall–Kier alpha value is -0.870. The highest BCUT2D eigenvalue weighted by Gasteiger charge is 2.31. The summed E-state index contributed by atoms with van der Waals surface area (Å²) in [5, 5.41) is 11.2. The Labute approximate surface area is 112 Å². The molecule has 4 heteroatoms. The molecule has 0 spiro atoms. The smallest absolute Gasteiger partial charge is 0.230 e. The maximum absolute atomic E-state index is 12.6. The van der Waals surface area contributed by atoms with Gasteiger partial charge in [-0.15, -0.1) is 11.3 Å². The van der Waals surface area contributed by atoms with Crippen LogP contribution in [-0.2, 0) is 11.2 Å². The van der Waals surface area contributed by atoms with Gasteiger partial charge in [-0.3, -0.25) is 4.79 Å². The van der Waals surface area contributed by atoms with Crippen molar-refractivity contribution in [1.82, 2.24) is 4.90 Å². The highest BCUT2D eigenvalue weighted by molar-refractivity contribution is 7.10. The molecule has 0 aromatic carbocycles. The van der Waals surface area contributed by atoms with Crippen molar-refractivity contribution in [2.24, 2.45) is 0 Å². The molecular weight excluding hydrogens is 246 g/mol. The number of fused-ring (bicyclic) bond motifs is 1. The molecule has 1 unspecified atom stereocenters. The Morgan fingerprint density at radius 2 is 2.39 bits per heavy atom. The number of carbonyl (C=O) groups excluding carboxylic acids is 1. The molecule has 1 aliphatic rings. The van der Waals surface area contributed by atoms with Crippen molar-refractivity contribution in [3.8, 4) is 0 Å². The quantitative estimate of drug-likeness (QED) is 0.910. The molecular formula is C14H21NO2S. The van der Waals surface area contributed by atoms with Crippen LogP contribution in [0.15, 0.2) is 11.4 Å². The first-order valence-corrected chi connectivity index (χ1v) is 7.50. The highest BCUT2D eigenvalue weighted by Crippen LogP contribution is 2.36. The topological polar surface area (TPSA) is 40.5 Å². The van der Waals surface area contributed by atoms with Crippen LogP contribution in [0.1, 0.15) is 43.0 Å². The van der Waals surface area contributed by atoms with E-state index in [1.54, 1.807) is 16.2 Å². The van der Waals surface area contributed by atoms with Crippen LogP contribution < -0.4 is 0 Å². The van der Waals surface area contributed by atoms with E-state index in [0.29, 0.717) is 6.54 Å². The molecule has 0 saturated heterocycles. The van der Waals surface area contributed by atoms with Crippen LogP contribution in [0, 0.1) is 0 Å². The van der Waals surface area contributed by atoms with Gasteiger partial charge in [0.1, 0.15) is 0 Å². The van der Waals surface area contributed by atoms with Crippen LogP contribution in [0.3, 0.4) is 0 Å². The SMILES string of the molecule is CC(C)N(CCO)C(=O)C1CCCc2sccc21. The second-order valence-corrected chi connectivity index (χ2v) is 6.09. The standard InChI is InChI=1S/C14H21NO2S/c1-10(2)15(7-8-16)14(17)12-4-3-5-13-11(12)6-9-18-13/h6,9-10,12,16H,3-5,7-8H2,1-2H3. The van der Waals surface area contributed by atoms with Crippen molar-refractivity contribution in [1.29, 1.82) is 0 Å². The van der Waals surface area contributed by atoms with Crippen LogP contribution >= 0.6 is 11.3 Å². The van der Waals surface area contributed by atoms with Gasteiger partial charge in [0.25, 0.3) is 0 Å².